The van der Waals surface area contributed by atoms with E-state index in [1.165, 1.54) is 6.42 Å². The van der Waals surface area contributed by atoms with Gasteiger partial charge in [0.25, 0.3) is 0 Å². The van der Waals surface area contributed by atoms with E-state index >= 15 is 0 Å². The first-order valence-electron chi connectivity index (χ1n) is 11.1. The number of ether oxygens (including phenoxy) is 4. The molecule has 0 bridgehead atoms. The van der Waals surface area contributed by atoms with E-state index in [4.69, 9.17) is 18.9 Å². The van der Waals surface area contributed by atoms with Crippen molar-refractivity contribution in [1.29, 1.82) is 0 Å². The third kappa shape index (κ3) is 7.02. The minimum Gasteiger partial charge on any atom is -0.394 e. The number of rotatable bonds is 12. The van der Waals surface area contributed by atoms with Crippen molar-refractivity contribution < 1.29 is 54.7 Å². The Hall–Kier alpha value is -0.440. The van der Waals surface area contributed by atoms with Crippen LogP contribution in [0.25, 0.3) is 0 Å². The van der Waals surface area contributed by atoms with Crippen LogP contribution in [-0.4, -0.2) is 117 Å². The molecule has 2 aliphatic heterocycles. The summed E-state index contributed by atoms with van der Waals surface area (Å²) in [6, 6.07) is 0. The van der Waals surface area contributed by atoms with Crippen molar-refractivity contribution in [3.05, 3.63) is 0 Å². The SMILES string of the molecule is CCCCCCCCO[C@@H]1O[C@H](CO)[C@@H](O[C@H]2O[C@H](CO)[C@@H](O)[C@H](O)[C@H]2O)[C@H](O)[C@H]1O. The zero-order valence-electron chi connectivity index (χ0n) is 17.9. The Morgan fingerprint density at radius 2 is 1.23 bits per heavy atom. The van der Waals surface area contributed by atoms with Gasteiger partial charge in [0.05, 0.1) is 13.2 Å². The second-order valence-corrected chi connectivity index (χ2v) is 8.14. The molecular formula is C20H38O11. The van der Waals surface area contributed by atoms with Crippen molar-refractivity contribution >= 4 is 0 Å². The van der Waals surface area contributed by atoms with Crippen LogP contribution < -0.4 is 0 Å². The van der Waals surface area contributed by atoms with Crippen molar-refractivity contribution in [3.8, 4) is 0 Å². The molecule has 2 heterocycles. The van der Waals surface area contributed by atoms with E-state index in [-0.39, 0.29) is 0 Å². The summed E-state index contributed by atoms with van der Waals surface area (Å²) in [6.45, 7) is 1.23. The van der Waals surface area contributed by atoms with Crippen LogP contribution in [-0.2, 0) is 18.9 Å². The molecule has 2 aliphatic rings. The van der Waals surface area contributed by atoms with Crippen LogP contribution in [0.3, 0.4) is 0 Å². The lowest BCUT2D eigenvalue weighted by Gasteiger charge is -2.45. The third-order valence-electron chi connectivity index (χ3n) is 5.74. The van der Waals surface area contributed by atoms with Crippen molar-refractivity contribution in [2.75, 3.05) is 19.8 Å². The Morgan fingerprint density at radius 1 is 0.645 bits per heavy atom. The Bertz CT molecular complexity index is 492. The zero-order chi connectivity index (χ0) is 23.0. The van der Waals surface area contributed by atoms with Gasteiger partial charge >= 0.3 is 0 Å². The minimum absolute atomic E-state index is 0.316. The number of hydrogen-bond donors (Lipinski definition) is 7. The lowest BCUT2D eigenvalue weighted by atomic mass is 9.97. The van der Waals surface area contributed by atoms with Gasteiger partial charge in [0.15, 0.2) is 12.6 Å². The van der Waals surface area contributed by atoms with E-state index in [9.17, 15) is 35.7 Å². The summed E-state index contributed by atoms with van der Waals surface area (Å²) in [4.78, 5) is 0. The van der Waals surface area contributed by atoms with E-state index in [1.54, 1.807) is 0 Å². The van der Waals surface area contributed by atoms with E-state index in [2.05, 4.69) is 6.92 Å². The fourth-order valence-corrected chi connectivity index (χ4v) is 3.77. The summed E-state index contributed by atoms with van der Waals surface area (Å²) in [5, 5.41) is 69.7. The fraction of sp³-hybridized carbons (Fsp3) is 1.00. The molecule has 184 valence electrons. The highest BCUT2D eigenvalue weighted by molar-refractivity contribution is 4.94. The Morgan fingerprint density at radius 3 is 1.87 bits per heavy atom. The molecule has 11 nitrogen and oxygen atoms in total. The quantitative estimate of drug-likeness (QED) is 0.162. The van der Waals surface area contributed by atoms with Gasteiger partial charge in [0.1, 0.15) is 48.8 Å². The Kier molecular flexibility index (Phi) is 11.5. The number of aliphatic hydroxyl groups is 7. The van der Waals surface area contributed by atoms with Gasteiger partial charge in [-0.1, -0.05) is 39.0 Å². The average Bonchev–Trinajstić information content (AvgIpc) is 2.77. The maximum atomic E-state index is 10.5. The van der Waals surface area contributed by atoms with E-state index in [1.807, 2.05) is 0 Å². The van der Waals surface area contributed by atoms with E-state index < -0.39 is 74.6 Å². The van der Waals surface area contributed by atoms with Gasteiger partial charge in [0.2, 0.25) is 0 Å². The van der Waals surface area contributed by atoms with Crippen LogP contribution in [0, 0.1) is 0 Å². The second-order valence-electron chi connectivity index (χ2n) is 8.14. The Labute approximate surface area is 182 Å². The normalized spacial score (nSPS) is 41.4. The molecule has 10 atom stereocenters. The molecule has 0 aliphatic carbocycles. The lowest BCUT2D eigenvalue weighted by molar-refractivity contribution is -0.359. The van der Waals surface area contributed by atoms with Gasteiger partial charge in [0, 0.05) is 6.61 Å². The molecule has 0 aromatic carbocycles. The monoisotopic (exact) mass is 454 g/mol. The predicted octanol–water partition coefficient (Wildman–Crippen LogP) is -2.01. The molecule has 0 spiro atoms. The molecule has 0 aromatic heterocycles. The zero-order valence-corrected chi connectivity index (χ0v) is 17.9. The van der Waals surface area contributed by atoms with Gasteiger partial charge < -0.3 is 54.7 Å². The van der Waals surface area contributed by atoms with Crippen LogP contribution in [0.4, 0.5) is 0 Å². The first-order chi connectivity index (χ1) is 14.8. The molecule has 0 aromatic rings. The summed E-state index contributed by atoms with van der Waals surface area (Å²) in [5.74, 6) is 0. The standard InChI is InChI=1S/C20H38O11/c1-2-3-4-5-6-7-8-28-19-17(27)15(25)18(12(10-22)30-19)31-20-16(26)14(24)13(23)11(9-21)29-20/h11-27H,2-10H2,1H3/t11-,12-,13-,14+,15-,16-,17-,18-,19-,20-/m1/s1. The molecule has 31 heavy (non-hydrogen) atoms. The Balaban J connectivity index is 1.90. The lowest BCUT2D eigenvalue weighted by Crippen LogP contribution is -2.64. The highest BCUT2D eigenvalue weighted by atomic mass is 16.7. The maximum Gasteiger partial charge on any atom is 0.187 e. The number of hydrogen-bond acceptors (Lipinski definition) is 11. The molecule has 2 fully saturated rings. The van der Waals surface area contributed by atoms with Crippen LogP contribution in [0.2, 0.25) is 0 Å². The first-order valence-corrected chi connectivity index (χ1v) is 11.1. The molecule has 7 N–H and O–H groups in total. The van der Waals surface area contributed by atoms with Crippen LogP contribution in [0.5, 0.6) is 0 Å². The van der Waals surface area contributed by atoms with Crippen LogP contribution >= 0.6 is 0 Å². The van der Waals surface area contributed by atoms with E-state index in [0.29, 0.717) is 6.61 Å². The fourth-order valence-electron chi connectivity index (χ4n) is 3.77. The van der Waals surface area contributed by atoms with Crippen molar-refractivity contribution in [2.45, 2.75) is 107 Å². The third-order valence-corrected chi connectivity index (χ3v) is 5.74. The minimum atomic E-state index is -1.69. The summed E-state index contributed by atoms with van der Waals surface area (Å²) < 4.78 is 21.9. The highest BCUT2D eigenvalue weighted by Gasteiger charge is 2.50. The second kappa shape index (κ2) is 13.3. The summed E-state index contributed by atoms with van der Waals surface area (Å²) >= 11 is 0. The molecule has 0 radical (unpaired) electrons. The smallest absolute Gasteiger partial charge is 0.187 e. The van der Waals surface area contributed by atoms with Crippen LogP contribution in [0.15, 0.2) is 0 Å². The predicted molar refractivity (Wildman–Crippen MR) is 106 cm³/mol. The van der Waals surface area contributed by atoms with Gasteiger partial charge in [-0.15, -0.1) is 0 Å². The first kappa shape index (κ1) is 26.8. The van der Waals surface area contributed by atoms with Crippen molar-refractivity contribution in [2.24, 2.45) is 0 Å². The van der Waals surface area contributed by atoms with Gasteiger partial charge in [-0.25, -0.2) is 0 Å². The molecule has 11 heteroatoms. The van der Waals surface area contributed by atoms with Crippen molar-refractivity contribution in [1.82, 2.24) is 0 Å². The molecule has 0 saturated carbocycles. The van der Waals surface area contributed by atoms with Crippen LogP contribution in [0.1, 0.15) is 45.4 Å². The number of unbranched alkanes of at least 4 members (excludes halogenated alkanes) is 5. The molecular weight excluding hydrogens is 416 g/mol. The number of aliphatic hydroxyl groups excluding tert-OH is 7. The summed E-state index contributed by atoms with van der Waals surface area (Å²) in [5.41, 5.74) is 0. The largest absolute Gasteiger partial charge is 0.394 e. The molecule has 2 saturated heterocycles. The molecule has 0 unspecified atom stereocenters. The summed E-state index contributed by atoms with van der Waals surface area (Å²) in [7, 11) is 0. The molecule has 0 amide bonds. The van der Waals surface area contributed by atoms with Gasteiger partial charge in [-0.2, -0.15) is 0 Å². The summed E-state index contributed by atoms with van der Waals surface area (Å²) in [6.07, 6.45) is -7.98. The van der Waals surface area contributed by atoms with Crippen molar-refractivity contribution in [3.63, 3.8) is 0 Å². The molecule has 2 rings (SSSR count). The van der Waals surface area contributed by atoms with E-state index in [0.717, 1.165) is 32.1 Å². The average molecular weight is 455 g/mol. The topological polar surface area (TPSA) is 179 Å². The maximum absolute atomic E-state index is 10.5. The van der Waals surface area contributed by atoms with Gasteiger partial charge in [-0.05, 0) is 6.42 Å². The van der Waals surface area contributed by atoms with Gasteiger partial charge in [-0.3, -0.25) is 0 Å². The highest BCUT2D eigenvalue weighted by Crippen LogP contribution is 2.29.